The van der Waals surface area contributed by atoms with E-state index in [2.05, 4.69) is 0 Å². The Morgan fingerprint density at radius 3 is 2.38 bits per heavy atom. The number of ether oxygens (including phenoxy) is 1. The lowest BCUT2D eigenvalue weighted by Crippen LogP contribution is -2.41. The fourth-order valence-electron chi connectivity index (χ4n) is 2.32. The predicted octanol–water partition coefficient (Wildman–Crippen LogP) is 2.66. The molecule has 0 unspecified atom stereocenters. The van der Waals surface area contributed by atoms with Gasteiger partial charge < -0.3 is 14.7 Å². The predicted molar refractivity (Wildman–Crippen MR) is 80.7 cm³/mol. The van der Waals surface area contributed by atoms with Gasteiger partial charge in [-0.05, 0) is 31.0 Å². The van der Waals surface area contributed by atoms with E-state index in [9.17, 15) is 9.59 Å². The summed E-state index contributed by atoms with van der Waals surface area (Å²) in [6.07, 6.45) is 1.70. The van der Waals surface area contributed by atoms with Crippen molar-refractivity contribution in [1.82, 2.24) is 4.90 Å². The highest BCUT2D eigenvalue weighted by atomic mass is 16.5. The number of carbonyl (C=O) groups is 2. The number of methoxy groups -OCH3 is 1. The Bertz CT molecular complexity index is 483. The average molecular weight is 293 g/mol. The van der Waals surface area contributed by atoms with E-state index in [1.54, 1.807) is 24.1 Å². The first kappa shape index (κ1) is 17.2. The van der Waals surface area contributed by atoms with Crippen LogP contribution in [0, 0.1) is 0 Å². The van der Waals surface area contributed by atoms with Gasteiger partial charge in [0.2, 0.25) is 0 Å². The number of hydrogen-bond donors (Lipinski definition) is 1. The zero-order valence-corrected chi connectivity index (χ0v) is 12.8. The fourth-order valence-corrected chi connectivity index (χ4v) is 2.32. The maximum atomic E-state index is 12.7. The lowest BCUT2D eigenvalue weighted by atomic mass is 10.1. The molecule has 0 aliphatic carbocycles. The van der Waals surface area contributed by atoms with Crippen LogP contribution in [-0.2, 0) is 4.74 Å². The highest BCUT2D eigenvalue weighted by Crippen LogP contribution is 2.15. The van der Waals surface area contributed by atoms with Crippen molar-refractivity contribution in [2.45, 2.75) is 32.7 Å². The molecule has 0 fully saturated rings. The van der Waals surface area contributed by atoms with Crippen LogP contribution >= 0.6 is 0 Å². The van der Waals surface area contributed by atoms with E-state index in [4.69, 9.17) is 9.84 Å². The average Bonchev–Trinajstić information content (AvgIpc) is 2.51. The van der Waals surface area contributed by atoms with Crippen LogP contribution in [0.25, 0.3) is 0 Å². The van der Waals surface area contributed by atoms with Gasteiger partial charge in [0.05, 0.1) is 12.2 Å². The third-order valence-corrected chi connectivity index (χ3v) is 3.54. The first-order chi connectivity index (χ1) is 10.0. The maximum absolute atomic E-state index is 12.7. The summed E-state index contributed by atoms with van der Waals surface area (Å²) < 4.78 is 5.07. The van der Waals surface area contributed by atoms with Gasteiger partial charge >= 0.3 is 5.97 Å². The molecule has 5 heteroatoms. The SMILES string of the molecule is CCC(CC)N(CCOC)C(=O)c1cccc(C(=O)O)c1. The molecule has 0 aromatic heterocycles. The molecule has 1 rings (SSSR count). The van der Waals surface area contributed by atoms with Crippen molar-refractivity contribution >= 4 is 11.9 Å². The van der Waals surface area contributed by atoms with E-state index in [1.807, 2.05) is 13.8 Å². The van der Waals surface area contributed by atoms with Crippen molar-refractivity contribution < 1.29 is 19.4 Å². The van der Waals surface area contributed by atoms with Crippen molar-refractivity contribution in [3.63, 3.8) is 0 Å². The molecule has 0 radical (unpaired) electrons. The summed E-state index contributed by atoms with van der Waals surface area (Å²) in [6, 6.07) is 6.28. The van der Waals surface area contributed by atoms with E-state index in [1.165, 1.54) is 12.1 Å². The lowest BCUT2D eigenvalue weighted by Gasteiger charge is -2.30. The number of hydrogen-bond acceptors (Lipinski definition) is 3. The summed E-state index contributed by atoms with van der Waals surface area (Å²) in [6.45, 7) is 5.03. The van der Waals surface area contributed by atoms with Crippen LogP contribution in [0.15, 0.2) is 24.3 Å². The number of aromatic carboxylic acids is 1. The number of carboxylic acid groups (broad SMARTS) is 1. The van der Waals surface area contributed by atoms with Gasteiger partial charge in [-0.15, -0.1) is 0 Å². The van der Waals surface area contributed by atoms with Crippen LogP contribution in [0.2, 0.25) is 0 Å². The molecule has 0 aliphatic rings. The van der Waals surface area contributed by atoms with Crippen molar-refractivity contribution in [1.29, 1.82) is 0 Å². The van der Waals surface area contributed by atoms with Gasteiger partial charge in [0.15, 0.2) is 0 Å². The Morgan fingerprint density at radius 2 is 1.86 bits per heavy atom. The summed E-state index contributed by atoms with van der Waals surface area (Å²) in [4.78, 5) is 25.4. The zero-order valence-electron chi connectivity index (χ0n) is 12.8. The number of benzene rings is 1. The topological polar surface area (TPSA) is 66.8 Å². The molecule has 5 nitrogen and oxygen atoms in total. The molecule has 0 spiro atoms. The van der Waals surface area contributed by atoms with E-state index in [0.29, 0.717) is 18.7 Å². The summed E-state index contributed by atoms with van der Waals surface area (Å²) in [5.41, 5.74) is 0.523. The minimum atomic E-state index is -1.03. The zero-order chi connectivity index (χ0) is 15.8. The molecule has 116 valence electrons. The third kappa shape index (κ3) is 4.56. The van der Waals surface area contributed by atoms with Crippen molar-refractivity contribution in [2.75, 3.05) is 20.3 Å². The number of rotatable bonds is 8. The second kappa shape index (κ2) is 8.42. The number of amides is 1. The molecule has 1 aromatic carbocycles. The number of carboxylic acids is 1. The van der Waals surface area contributed by atoms with E-state index < -0.39 is 5.97 Å². The molecular weight excluding hydrogens is 270 g/mol. The van der Waals surface area contributed by atoms with Crippen molar-refractivity contribution in [3.8, 4) is 0 Å². The van der Waals surface area contributed by atoms with Crippen LogP contribution < -0.4 is 0 Å². The summed E-state index contributed by atoms with van der Waals surface area (Å²) in [7, 11) is 1.60. The second-order valence-corrected chi connectivity index (χ2v) is 4.85. The van der Waals surface area contributed by atoms with Crippen LogP contribution in [0.5, 0.6) is 0 Å². The van der Waals surface area contributed by atoms with Gasteiger partial charge in [0.25, 0.3) is 5.91 Å². The fraction of sp³-hybridized carbons (Fsp3) is 0.500. The maximum Gasteiger partial charge on any atom is 0.335 e. The normalized spacial score (nSPS) is 10.7. The minimum absolute atomic E-state index is 0.122. The smallest absolute Gasteiger partial charge is 0.335 e. The third-order valence-electron chi connectivity index (χ3n) is 3.54. The summed E-state index contributed by atoms with van der Waals surface area (Å²) >= 11 is 0. The van der Waals surface area contributed by atoms with Crippen LogP contribution in [0.3, 0.4) is 0 Å². The van der Waals surface area contributed by atoms with E-state index in [-0.39, 0.29) is 17.5 Å². The second-order valence-electron chi connectivity index (χ2n) is 4.85. The molecule has 21 heavy (non-hydrogen) atoms. The Labute approximate surface area is 125 Å². The number of carbonyl (C=O) groups excluding carboxylic acids is 1. The monoisotopic (exact) mass is 293 g/mol. The quantitative estimate of drug-likeness (QED) is 0.800. The van der Waals surface area contributed by atoms with Crippen LogP contribution in [0.4, 0.5) is 0 Å². The first-order valence-electron chi connectivity index (χ1n) is 7.18. The molecule has 0 bridgehead atoms. The molecule has 0 aliphatic heterocycles. The van der Waals surface area contributed by atoms with Gasteiger partial charge in [-0.3, -0.25) is 4.79 Å². The standard InChI is InChI=1S/C16H23NO4/c1-4-14(5-2)17(9-10-21-3)15(18)12-7-6-8-13(11-12)16(19)20/h6-8,11,14H,4-5,9-10H2,1-3H3,(H,19,20). The van der Waals surface area contributed by atoms with E-state index in [0.717, 1.165) is 12.8 Å². The van der Waals surface area contributed by atoms with Crippen LogP contribution in [-0.4, -0.2) is 48.2 Å². The number of nitrogens with zero attached hydrogens (tertiary/aromatic N) is 1. The Morgan fingerprint density at radius 1 is 1.24 bits per heavy atom. The lowest BCUT2D eigenvalue weighted by molar-refractivity contribution is 0.0589. The highest BCUT2D eigenvalue weighted by Gasteiger charge is 2.22. The molecular formula is C16H23NO4. The Kier molecular flexibility index (Phi) is 6.88. The van der Waals surface area contributed by atoms with Crippen molar-refractivity contribution in [2.24, 2.45) is 0 Å². The van der Waals surface area contributed by atoms with Gasteiger partial charge in [0, 0.05) is 25.3 Å². The Hall–Kier alpha value is -1.88. The van der Waals surface area contributed by atoms with Gasteiger partial charge in [0.1, 0.15) is 0 Å². The molecule has 1 aromatic rings. The largest absolute Gasteiger partial charge is 0.478 e. The van der Waals surface area contributed by atoms with Crippen molar-refractivity contribution in [3.05, 3.63) is 35.4 Å². The van der Waals surface area contributed by atoms with E-state index >= 15 is 0 Å². The Balaban J connectivity index is 3.03. The molecule has 1 N–H and O–H groups in total. The molecule has 0 heterocycles. The highest BCUT2D eigenvalue weighted by molar-refractivity contribution is 5.97. The first-order valence-corrected chi connectivity index (χ1v) is 7.18. The van der Waals surface area contributed by atoms with Gasteiger partial charge in [-0.25, -0.2) is 4.79 Å². The molecule has 0 saturated carbocycles. The summed E-state index contributed by atoms with van der Waals surface area (Å²) in [5.74, 6) is -1.18. The molecule has 1 amide bonds. The van der Waals surface area contributed by atoms with Crippen LogP contribution in [0.1, 0.15) is 47.4 Å². The molecule has 0 atom stereocenters. The minimum Gasteiger partial charge on any atom is -0.478 e. The molecule has 0 saturated heterocycles. The van der Waals surface area contributed by atoms with Gasteiger partial charge in [-0.2, -0.15) is 0 Å². The van der Waals surface area contributed by atoms with Gasteiger partial charge in [-0.1, -0.05) is 19.9 Å². The summed E-state index contributed by atoms with van der Waals surface area (Å²) in [5, 5.41) is 9.03.